The van der Waals surface area contributed by atoms with Crippen LogP contribution < -0.4 is 16.0 Å². The van der Waals surface area contributed by atoms with E-state index < -0.39 is 6.04 Å². The van der Waals surface area contributed by atoms with Crippen molar-refractivity contribution in [3.05, 3.63) is 47.0 Å². The molecule has 1 aromatic rings. The van der Waals surface area contributed by atoms with Gasteiger partial charge in [-0.1, -0.05) is 24.3 Å². The molecule has 7 nitrogen and oxygen atoms in total. The standard InChI is InChI=1S/C19H22N4O3/c24-17-6-5-16(18(25)22-17)23-11-13-8-12(3-4-15(13)19(23)26)9-21-14-2-1-7-20-10-14/h1-4,8,14,16,20-21H,5-7,9-11H2,(H,22,24,25). The second-order valence-electron chi connectivity index (χ2n) is 6.97. The van der Waals surface area contributed by atoms with E-state index in [2.05, 4.69) is 28.1 Å². The number of rotatable bonds is 4. The van der Waals surface area contributed by atoms with Crippen LogP contribution in [0.4, 0.5) is 0 Å². The van der Waals surface area contributed by atoms with Crippen LogP contribution in [0.1, 0.15) is 34.3 Å². The van der Waals surface area contributed by atoms with Crippen LogP contribution in [0.25, 0.3) is 0 Å². The van der Waals surface area contributed by atoms with Gasteiger partial charge in [0.15, 0.2) is 0 Å². The van der Waals surface area contributed by atoms with Crippen LogP contribution >= 0.6 is 0 Å². The van der Waals surface area contributed by atoms with E-state index in [-0.39, 0.29) is 24.1 Å². The van der Waals surface area contributed by atoms with Crippen LogP contribution in [0.2, 0.25) is 0 Å². The van der Waals surface area contributed by atoms with Crippen LogP contribution in [0.15, 0.2) is 30.4 Å². The summed E-state index contributed by atoms with van der Waals surface area (Å²) in [4.78, 5) is 37.7. The molecule has 136 valence electrons. The molecule has 3 aliphatic heterocycles. The molecule has 0 aliphatic carbocycles. The zero-order valence-electron chi connectivity index (χ0n) is 14.5. The number of benzene rings is 1. The number of hydrogen-bond acceptors (Lipinski definition) is 5. The second kappa shape index (κ2) is 7.01. The lowest BCUT2D eigenvalue weighted by Crippen LogP contribution is -2.52. The third-order valence-corrected chi connectivity index (χ3v) is 5.15. The Kier molecular flexibility index (Phi) is 4.57. The molecule has 3 aliphatic rings. The molecule has 1 saturated heterocycles. The highest BCUT2D eigenvalue weighted by atomic mass is 16.2. The predicted octanol–water partition coefficient (Wildman–Crippen LogP) is 0.0652. The van der Waals surface area contributed by atoms with Gasteiger partial charge in [0.05, 0.1) is 0 Å². The van der Waals surface area contributed by atoms with Gasteiger partial charge in [-0.15, -0.1) is 0 Å². The molecule has 26 heavy (non-hydrogen) atoms. The Morgan fingerprint density at radius 1 is 1.23 bits per heavy atom. The van der Waals surface area contributed by atoms with Crippen molar-refractivity contribution in [3.63, 3.8) is 0 Å². The van der Waals surface area contributed by atoms with Crippen molar-refractivity contribution < 1.29 is 14.4 Å². The summed E-state index contributed by atoms with van der Waals surface area (Å²) < 4.78 is 0. The van der Waals surface area contributed by atoms with E-state index in [0.29, 0.717) is 24.6 Å². The highest BCUT2D eigenvalue weighted by Crippen LogP contribution is 2.28. The molecule has 2 atom stereocenters. The van der Waals surface area contributed by atoms with E-state index in [1.807, 2.05) is 18.2 Å². The van der Waals surface area contributed by atoms with Gasteiger partial charge < -0.3 is 15.5 Å². The van der Waals surface area contributed by atoms with Crippen molar-refractivity contribution in [2.24, 2.45) is 0 Å². The summed E-state index contributed by atoms with van der Waals surface area (Å²) >= 11 is 0. The molecule has 0 aromatic heterocycles. The van der Waals surface area contributed by atoms with Gasteiger partial charge in [-0.05, 0) is 23.6 Å². The van der Waals surface area contributed by atoms with E-state index in [1.165, 1.54) is 0 Å². The van der Waals surface area contributed by atoms with Crippen molar-refractivity contribution in [2.45, 2.75) is 38.0 Å². The molecule has 0 saturated carbocycles. The number of carbonyl (C=O) groups is 3. The molecule has 3 amide bonds. The third-order valence-electron chi connectivity index (χ3n) is 5.15. The van der Waals surface area contributed by atoms with Crippen LogP contribution in [0.3, 0.4) is 0 Å². The number of hydrogen-bond donors (Lipinski definition) is 3. The average molecular weight is 354 g/mol. The minimum atomic E-state index is -0.562. The Morgan fingerprint density at radius 2 is 2.12 bits per heavy atom. The molecule has 2 unspecified atom stereocenters. The van der Waals surface area contributed by atoms with Crippen LogP contribution in [0.5, 0.6) is 0 Å². The maximum atomic E-state index is 12.7. The molecular weight excluding hydrogens is 332 g/mol. The number of piperidine rings is 1. The van der Waals surface area contributed by atoms with E-state index in [9.17, 15) is 14.4 Å². The lowest BCUT2D eigenvalue weighted by Gasteiger charge is -2.29. The molecule has 1 aromatic carbocycles. The van der Waals surface area contributed by atoms with Crippen molar-refractivity contribution in [3.8, 4) is 0 Å². The van der Waals surface area contributed by atoms with E-state index in [0.717, 1.165) is 30.8 Å². The lowest BCUT2D eigenvalue weighted by molar-refractivity contribution is -0.136. The molecule has 1 fully saturated rings. The first kappa shape index (κ1) is 16.9. The first-order chi connectivity index (χ1) is 12.6. The minimum Gasteiger partial charge on any atom is -0.322 e. The summed E-state index contributed by atoms with van der Waals surface area (Å²) in [5, 5.41) is 9.11. The molecule has 0 spiro atoms. The zero-order valence-corrected chi connectivity index (χ0v) is 14.5. The molecule has 4 rings (SSSR count). The quantitative estimate of drug-likeness (QED) is 0.526. The molecule has 0 bridgehead atoms. The summed E-state index contributed by atoms with van der Waals surface area (Å²) in [7, 11) is 0. The first-order valence-electron chi connectivity index (χ1n) is 8.99. The van der Waals surface area contributed by atoms with Crippen molar-refractivity contribution in [1.29, 1.82) is 0 Å². The summed E-state index contributed by atoms with van der Waals surface area (Å²) in [6, 6.07) is 5.57. The monoisotopic (exact) mass is 354 g/mol. The predicted molar refractivity (Wildman–Crippen MR) is 95.1 cm³/mol. The first-order valence-corrected chi connectivity index (χ1v) is 8.99. The zero-order chi connectivity index (χ0) is 18.1. The van der Waals surface area contributed by atoms with Crippen molar-refractivity contribution in [2.75, 3.05) is 13.1 Å². The fourth-order valence-corrected chi connectivity index (χ4v) is 3.75. The smallest absolute Gasteiger partial charge is 0.255 e. The van der Waals surface area contributed by atoms with Crippen molar-refractivity contribution >= 4 is 17.7 Å². The SMILES string of the molecule is O=C1CCC(N2Cc3cc(CNC4C=CCNC4)ccc3C2=O)C(=O)N1. The van der Waals surface area contributed by atoms with E-state index in [1.54, 1.807) is 4.90 Å². The number of amides is 3. The van der Waals surface area contributed by atoms with Gasteiger partial charge in [0.1, 0.15) is 6.04 Å². The Hall–Kier alpha value is -2.51. The summed E-state index contributed by atoms with van der Waals surface area (Å²) in [5.41, 5.74) is 2.70. The van der Waals surface area contributed by atoms with E-state index in [4.69, 9.17) is 0 Å². The van der Waals surface area contributed by atoms with Gasteiger partial charge in [0, 0.05) is 44.2 Å². The van der Waals surface area contributed by atoms with Gasteiger partial charge in [-0.3, -0.25) is 19.7 Å². The van der Waals surface area contributed by atoms with Crippen LogP contribution in [-0.2, 0) is 22.7 Å². The summed E-state index contributed by atoms with van der Waals surface area (Å²) in [6.07, 6.45) is 4.94. The fourth-order valence-electron chi connectivity index (χ4n) is 3.75. The minimum absolute atomic E-state index is 0.131. The Morgan fingerprint density at radius 3 is 2.88 bits per heavy atom. The number of nitrogens with one attached hydrogen (secondary N) is 3. The molecule has 0 radical (unpaired) electrons. The number of nitrogens with zero attached hydrogens (tertiary/aromatic N) is 1. The molecular formula is C19H22N4O3. The number of fused-ring (bicyclic) bond motifs is 1. The van der Waals surface area contributed by atoms with Crippen LogP contribution in [-0.4, -0.2) is 47.8 Å². The van der Waals surface area contributed by atoms with E-state index >= 15 is 0 Å². The Balaban J connectivity index is 1.44. The Labute approximate surface area is 151 Å². The number of imide groups is 1. The maximum Gasteiger partial charge on any atom is 0.255 e. The Bertz CT molecular complexity index is 789. The second-order valence-corrected chi connectivity index (χ2v) is 6.97. The van der Waals surface area contributed by atoms with Gasteiger partial charge in [-0.2, -0.15) is 0 Å². The topological polar surface area (TPSA) is 90.5 Å². The van der Waals surface area contributed by atoms with Crippen molar-refractivity contribution in [1.82, 2.24) is 20.9 Å². The van der Waals surface area contributed by atoms with Gasteiger partial charge in [0.2, 0.25) is 11.8 Å². The normalized spacial score (nSPS) is 25.4. The van der Waals surface area contributed by atoms with Gasteiger partial charge in [-0.25, -0.2) is 0 Å². The highest BCUT2D eigenvalue weighted by Gasteiger charge is 2.38. The molecule has 3 N–H and O–H groups in total. The molecule has 3 heterocycles. The molecule has 7 heteroatoms. The highest BCUT2D eigenvalue weighted by molar-refractivity contribution is 6.05. The summed E-state index contributed by atoms with van der Waals surface area (Å²) in [6.45, 7) is 2.95. The number of carbonyl (C=O) groups excluding carboxylic acids is 3. The lowest BCUT2D eigenvalue weighted by atomic mass is 10.0. The van der Waals surface area contributed by atoms with Gasteiger partial charge >= 0.3 is 0 Å². The summed E-state index contributed by atoms with van der Waals surface area (Å²) in [5.74, 6) is -0.774. The van der Waals surface area contributed by atoms with Gasteiger partial charge in [0.25, 0.3) is 5.91 Å². The largest absolute Gasteiger partial charge is 0.322 e. The van der Waals surface area contributed by atoms with Crippen LogP contribution in [0, 0.1) is 0 Å². The fraction of sp³-hybridized carbons (Fsp3) is 0.421. The average Bonchev–Trinajstić information content (AvgIpc) is 2.97. The third kappa shape index (κ3) is 3.27. The maximum absolute atomic E-state index is 12.7.